The highest BCUT2D eigenvalue weighted by Crippen LogP contribution is 2.25. The smallest absolute Gasteiger partial charge is 0.244 e. The highest BCUT2D eigenvalue weighted by molar-refractivity contribution is 5.98. The molecule has 1 aromatic carbocycles. The lowest BCUT2D eigenvalue weighted by Gasteiger charge is -2.23. The quantitative estimate of drug-likeness (QED) is 0.843. The molecule has 0 atom stereocenters. The molecule has 0 aliphatic heterocycles. The van der Waals surface area contributed by atoms with E-state index in [4.69, 9.17) is 4.74 Å². The zero-order chi connectivity index (χ0) is 13.1. The van der Waals surface area contributed by atoms with Crippen LogP contribution in [0, 0.1) is 5.82 Å². The van der Waals surface area contributed by atoms with Gasteiger partial charge in [-0.3, -0.25) is 4.79 Å². The lowest BCUT2D eigenvalue weighted by Crippen LogP contribution is -2.47. The maximum absolute atomic E-state index is 13.0. The normalized spacial score (nSPS) is 11.1. The first-order valence-electron chi connectivity index (χ1n) is 5.24. The summed E-state index contributed by atoms with van der Waals surface area (Å²) < 4.78 is 18.0. The summed E-state index contributed by atoms with van der Waals surface area (Å²) in [5, 5.41) is 5.57. The molecule has 1 rings (SSSR count). The number of rotatable bonds is 4. The SMILES string of the molecule is CNC(C)(C)C(=O)Nc1ccc(F)cc1OC. The van der Waals surface area contributed by atoms with Gasteiger partial charge in [0.25, 0.3) is 0 Å². The lowest BCUT2D eigenvalue weighted by atomic mass is 10.1. The number of anilines is 1. The summed E-state index contributed by atoms with van der Waals surface area (Å²) in [5.41, 5.74) is -0.262. The van der Waals surface area contributed by atoms with Crippen LogP contribution in [0.15, 0.2) is 18.2 Å². The molecule has 0 spiro atoms. The molecule has 1 aromatic rings. The van der Waals surface area contributed by atoms with E-state index in [2.05, 4.69) is 10.6 Å². The summed E-state index contributed by atoms with van der Waals surface area (Å²) in [6.45, 7) is 3.50. The molecule has 4 nitrogen and oxygen atoms in total. The largest absolute Gasteiger partial charge is 0.494 e. The molecule has 94 valence electrons. The Hall–Kier alpha value is -1.62. The van der Waals surface area contributed by atoms with Gasteiger partial charge in [-0.1, -0.05) is 0 Å². The Labute approximate surface area is 100 Å². The van der Waals surface area contributed by atoms with Crippen molar-refractivity contribution in [1.82, 2.24) is 5.32 Å². The fourth-order valence-corrected chi connectivity index (χ4v) is 1.16. The van der Waals surface area contributed by atoms with Crippen LogP contribution in [-0.4, -0.2) is 25.6 Å². The van der Waals surface area contributed by atoms with Gasteiger partial charge in [0.2, 0.25) is 5.91 Å². The van der Waals surface area contributed by atoms with Crippen LogP contribution in [0.4, 0.5) is 10.1 Å². The number of methoxy groups -OCH3 is 1. The van der Waals surface area contributed by atoms with Crippen LogP contribution in [0.5, 0.6) is 5.75 Å². The maximum atomic E-state index is 13.0. The number of carbonyl (C=O) groups excluding carboxylic acids is 1. The van der Waals surface area contributed by atoms with E-state index in [1.165, 1.54) is 25.3 Å². The maximum Gasteiger partial charge on any atom is 0.244 e. The van der Waals surface area contributed by atoms with E-state index >= 15 is 0 Å². The van der Waals surface area contributed by atoms with Crippen LogP contribution < -0.4 is 15.4 Å². The van der Waals surface area contributed by atoms with Crippen LogP contribution in [0.2, 0.25) is 0 Å². The molecule has 0 aliphatic carbocycles. The van der Waals surface area contributed by atoms with Crippen LogP contribution in [-0.2, 0) is 4.79 Å². The Kier molecular flexibility index (Phi) is 4.07. The number of likely N-dealkylation sites (N-methyl/N-ethyl adjacent to an activating group) is 1. The van der Waals surface area contributed by atoms with Crippen molar-refractivity contribution in [1.29, 1.82) is 0 Å². The molecule has 0 aromatic heterocycles. The van der Waals surface area contributed by atoms with Crippen molar-refractivity contribution in [2.75, 3.05) is 19.5 Å². The van der Waals surface area contributed by atoms with Gasteiger partial charge in [-0.25, -0.2) is 4.39 Å². The van der Waals surface area contributed by atoms with Crippen LogP contribution in [0.3, 0.4) is 0 Å². The minimum absolute atomic E-state index is 0.218. The van der Waals surface area contributed by atoms with Crippen molar-refractivity contribution in [3.8, 4) is 5.75 Å². The molecule has 1 amide bonds. The minimum Gasteiger partial charge on any atom is -0.494 e. The van der Waals surface area contributed by atoms with Gasteiger partial charge in [-0.2, -0.15) is 0 Å². The monoisotopic (exact) mass is 240 g/mol. The Morgan fingerprint density at radius 2 is 2.06 bits per heavy atom. The van der Waals surface area contributed by atoms with Crippen LogP contribution in [0.1, 0.15) is 13.8 Å². The van der Waals surface area contributed by atoms with E-state index in [9.17, 15) is 9.18 Å². The summed E-state index contributed by atoms with van der Waals surface area (Å²) in [4.78, 5) is 11.9. The van der Waals surface area contributed by atoms with Gasteiger partial charge >= 0.3 is 0 Å². The predicted molar refractivity (Wildman–Crippen MR) is 64.7 cm³/mol. The summed E-state index contributed by atoms with van der Waals surface area (Å²) in [7, 11) is 3.12. The average Bonchev–Trinajstić information content (AvgIpc) is 2.31. The van der Waals surface area contributed by atoms with E-state index in [1.54, 1.807) is 20.9 Å². The second kappa shape index (κ2) is 5.14. The molecular formula is C12H17FN2O2. The van der Waals surface area contributed by atoms with Crippen LogP contribution in [0.25, 0.3) is 0 Å². The average molecular weight is 240 g/mol. The summed E-state index contributed by atoms with van der Waals surface area (Å²) in [6, 6.07) is 3.96. The number of hydrogen-bond acceptors (Lipinski definition) is 3. The highest BCUT2D eigenvalue weighted by Gasteiger charge is 2.25. The third-order valence-corrected chi connectivity index (χ3v) is 2.60. The van der Waals surface area contributed by atoms with Crippen molar-refractivity contribution in [2.24, 2.45) is 0 Å². The third kappa shape index (κ3) is 3.17. The predicted octanol–water partition coefficient (Wildman–Crippen LogP) is 1.77. The first-order valence-corrected chi connectivity index (χ1v) is 5.24. The standard InChI is InChI=1S/C12H17FN2O2/c1-12(2,14-3)11(16)15-9-6-5-8(13)7-10(9)17-4/h5-7,14H,1-4H3,(H,15,16). The van der Waals surface area contributed by atoms with Gasteiger partial charge in [0.1, 0.15) is 11.6 Å². The van der Waals surface area contributed by atoms with E-state index < -0.39 is 11.4 Å². The highest BCUT2D eigenvalue weighted by atomic mass is 19.1. The fourth-order valence-electron chi connectivity index (χ4n) is 1.16. The molecule has 2 N–H and O–H groups in total. The number of halogens is 1. The Morgan fingerprint density at radius 1 is 1.41 bits per heavy atom. The molecular weight excluding hydrogens is 223 g/mol. The van der Waals surface area contributed by atoms with Crippen molar-refractivity contribution >= 4 is 11.6 Å². The number of nitrogens with one attached hydrogen (secondary N) is 2. The van der Waals surface area contributed by atoms with Gasteiger partial charge in [0.05, 0.1) is 18.3 Å². The number of benzene rings is 1. The van der Waals surface area contributed by atoms with Gasteiger partial charge in [0.15, 0.2) is 0 Å². The Bertz CT molecular complexity index is 419. The number of hydrogen-bond donors (Lipinski definition) is 2. The van der Waals surface area contributed by atoms with Gasteiger partial charge in [-0.05, 0) is 33.0 Å². The third-order valence-electron chi connectivity index (χ3n) is 2.60. The van der Waals surface area contributed by atoms with Crippen molar-refractivity contribution in [2.45, 2.75) is 19.4 Å². The van der Waals surface area contributed by atoms with E-state index in [0.29, 0.717) is 11.4 Å². The fraction of sp³-hybridized carbons (Fsp3) is 0.417. The van der Waals surface area contributed by atoms with Crippen molar-refractivity contribution < 1.29 is 13.9 Å². The molecule has 0 aliphatic rings. The molecule has 0 heterocycles. The number of carbonyl (C=O) groups is 1. The Balaban J connectivity index is 2.92. The molecule has 0 unspecified atom stereocenters. The first kappa shape index (κ1) is 13.4. The van der Waals surface area contributed by atoms with Crippen LogP contribution >= 0.6 is 0 Å². The van der Waals surface area contributed by atoms with E-state index in [-0.39, 0.29) is 5.91 Å². The summed E-state index contributed by atoms with van der Waals surface area (Å²) >= 11 is 0. The van der Waals surface area contributed by atoms with Gasteiger partial charge in [0, 0.05) is 6.07 Å². The second-order valence-electron chi connectivity index (χ2n) is 4.17. The molecule has 0 saturated carbocycles. The zero-order valence-corrected chi connectivity index (χ0v) is 10.4. The Morgan fingerprint density at radius 3 is 2.59 bits per heavy atom. The topological polar surface area (TPSA) is 50.4 Å². The summed E-state index contributed by atoms with van der Waals surface area (Å²) in [6.07, 6.45) is 0. The molecule has 17 heavy (non-hydrogen) atoms. The molecule has 0 bridgehead atoms. The van der Waals surface area contributed by atoms with E-state index in [1.807, 2.05) is 0 Å². The van der Waals surface area contributed by atoms with Gasteiger partial charge in [-0.15, -0.1) is 0 Å². The second-order valence-corrected chi connectivity index (χ2v) is 4.17. The zero-order valence-electron chi connectivity index (χ0n) is 10.4. The molecule has 0 fully saturated rings. The summed E-state index contributed by atoms with van der Waals surface area (Å²) in [5.74, 6) is -0.331. The minimum atomic E-state index is -0.709. The van der Waals surface area contributed by atoms with Crippen molar-refractivity contribution in [3.05, 3.63) is 24.0 Å². The van der Waals surface area contributed by atoms with Crippen molar-refractivity contribution in [3.63, 3.8) is 0 Å². The first-order chi connectivity index (χ1) is 7.90. The molecule has 5 heteroatoms. The molecule has 0 saturated heterocycles. The number of amides is 1. The molecule has 0 radical (unpaired) electrons. The van der Waals surface area contributed by atoms with E-state index in [0.717, 1.165) is 0 Å². The number of ether oxygens (including phenoxy) is 1. The lowest BCUT2D eigenvalue weighted by molar-refractivity contribution is -0.121. The van der Waals surface area contributed by atoms with Gasteiger partial charge < -0.3 is 15.4 Å².